The lowest BCUT2D eigenvalue weighted by atomic mass is 10.1. The van der Waals surface area contributed by atoms with Crippen LogP contribution in [0.3, 0.4) is 0 Å². The largest absolute Gasteiger partial charge is 0.395 e. The van der Waals surface area contributed by atoms with Gasteiger partial charge in [-0.2, -0.15) is 4.98 Å². The third kappa shape index (κ3) is 5.82. The number of morpholine rings is 1. The Balaban J connectivity index is 1.18. The van der Waals surface area contributed by atoms with Crippen LogP contribution >= 0.6 is 0 Å². The van der Waals surface area contributed by atoms with E-state index in [0.717, 1.165) is 18.7 Å². The molecule has 0 spiro atoms. The van der Waals surface area contributed by atoms with E-state index in [2.05, 4.69) is 20.2 Å². The minimum Gasteiger partial charge on any atom is -0.395 e. The lowest BCUT2D eigenvalue weighted by Gasteiger charge is -2.34. The molecule has 42 heavy (non-hydrogen) atoms. The Morgan fingerprint density at radius 2 is 1.67 bits per heavy atom. The molecule has 1 aromatic carbocycles. The molecule has 3 amide bonds. The normalized spacial score (nSPS) is 17.3. The second-order valence-corrected chi connectivity index (χ2v) is 10.4. The standard InChI is InChI=1S/C28H34N10O4/c29-26-30-17-20(18-31-26)23-22-5-6-38(24(22)34-27(33-23)37-12-15-42-16-13-37)28(41)32-21-3-1-19(2-4-21)25(40)36-9-7-35(8-10-36)11-14-39/h1-4,17-18,39H,5-16H2,(H,32,41)(H2,29,30,31). The molecule has 0 aliphatic carbocycles. The summed E-state index contributed by atoms with van der Waals surface area (Å²) in [5.74, 6) is 1.19. The fourth-order valence-electron chi connectivity index (χ4n) is 5.43. The molecular weight excluding hydrogens is 540 g/mol. The van der Waals surface area contributed by atoms with Crippen molar-refractivity contribution in [2.24, 2.45) is 0 Å². The Hall–Kier alpha value is -4.40. The Labute approximate surface area is 243 Å². The van der Waals surface area contributed by atoms with Crippen molar-refractivity contribution >= 4 is 35.3 Å². The summed E-state index contributed by atoms with van der Waals surface area (Å²) in [7, 11) is 0. The highest BCUT2D eigenvalue weighted by atomic mass is 16.5. The third-order valence-electron chi connectivity index (χ3n) is 7.76. The predicted molar refractivity (Wildman–Crippen MR) is 156 cm³/mol. The van der Waals surface area contributed by atoms with Crippen LogP contribution in [0, 0.1) is 0 Å². The molecule has 0 bridgehead atoms. The summed E-state index contributed by atoms with van der Waals surface area (Å²) in [6, 6.07) is 6.61. The van der Waals surface area contributed by atoms with Gasteiger partial charge in [-0.05, 0) is 30.7 Å². The molecule has 2 aromatic heterocycles. The molecular formula is C28H34N10O4. The van der Waals surface area contributed by atoms with E-state index in [-0.39, 0.29) is 24.5 Å². The number of carbonyl (C=O) groups is 2. The van der Waals surface area contributed by atoms with Gasteiger partial charge in [-0.3, -0.25) is 14.6 Å². The van der Waals surface area contributed by atoms with Crippen molar-refractivity contribution in [3.63, 3.8) is 0 Å². The van der Waals surface area contributed by atoms with E-state index < -0.39 is 0 Å². The number of aliphatic hydroxyl groups excluding tert-OH is 1. The number of fused-ring (bicyclic) bond motifs is 1. The molecule has 0 saturated carbocycles. The molecule has 3 aliphatic heterocycles. The van der Waals surface area contributed by atoms with Crippen molar-refractivity contribution in [1.29, 1.82) is 0 Å². The topological polar surface area (TPSA) is 166 Å². The number of piperazine rings is 1. The second kappa shape index (κ2) is 12.2. The number of nitrogens with two attached hydrogens (primary N) is 1. The number of nitrogens with one attached hydrogen (secondary N) is 1. The fourth-order valence-corrected chi connectivity index (χ4v) is 5.43. The Morgan fingerprint density at radius 1 is 0.952 bits per heavy atom. The minimum absolute atomic E-state index is 0.0449. The Kier molecular flexibility index (Phi) is 8.08. The van der Waals surface area contributed by atoms with E-state index in [1.165, 1.54) is 0 Å². The summed E-state index contributed by atoms with van der Waals surface area (Å²) >= 11 is 0. The van der Waals surface area contributed by atoms with Gasteiger partial charge in [-0.15, -0.1) is 0 Å². The van der Waals surface area contributed by atoms with Crippen LogP contribution in [0.1, 0.15) is 15.9 Å². The van der Waals surface area contributed by atoms with Crippen molar-refractivity contribution in [1.82, 2.24) is 29.7 Å². The SMILES string of the molecule is Nc1ncc(-c2nc(N3CCOCC3)nc3c2CCN3C(=O)Nc2ccc(C(=O)N3CCN(CCO)CC3)cc2)cn1. The van der Waals surface area contributed by atoms with Gasteiger partial charge in [0.1, 0.15) is 5.82 Å². The zero-order chi connectivity index (χ0) is 29.1. The van der Waals surface area contributed by atoms with Crippen molar-refractivity contribution in [3.05, 3.63) is 47.8 Å². The first-order valence-electron chi connectivity index (χ1n) is 14.1. The van der Waals surface area contributed by atoms with Crippen molar-refractivity contribution < 1.29 is 19.4 Å². The molecule has 2 saturated heterocycles. The number of hydrogen-bond acceptors (Lipinski definition) is 11. The summed E-state index contributed by atoms with van der Waals surface area (Å²) in [6.45, 7) is 6.31. The Morgan fingerprint density at radius 3 is 2.36 bits per heavy atom. The van der Waals surface area contributed by atoms with E-state index in [0.29, 0.717) is 93.2 Å². The number of aliphatic hydroxyl groups is 1. The third-order valence-corrected chi connectivity index (χ3v) is 7.76. The van der Waals surface area contributed by atoms with Crippen LogP contribution in [-0.4, -0.2) is 119 Å². The number of aromatic nitrogens is 4. The van der Waals surface area contributed by atoms with Crippen molar-refractivity contribution in [2.45, 2.75) is 6.42 Å². The lowest BCUT2D eigenvalue weighted by Crippen LogP contribution is -2.49. The van der Waals surface area contributed by atoms with Gasteiger partial charge >= 0.3 is 6.03 Å². The van der Waals surface area contributed by atoms with Gasteiger partial charge in [0.05, 0.1) is 25.5 Å². The average Bonchev–Trinajstić information content (AvgIpc) is 3.46. The van der Waals surface area contributed by atoms with Gasteiger partial charge in [-0.25, -0.2) is 19.7 Å². The lowest BCUT2D eigenvalue weighted by molar-refractivity contribution is 0.0615. The smallest absolute Gasteiger partial charge is 0.327 e. The van der Waals surface area contributed by atoms with E-state index in [4.69, 9.17) is 25.5 Å². The molecule has 2 fully saturated rings. The molecule has 6 rings (SSSR count). The fraction of sp³-hybridized carbons (Fsp3) is 0.429. The number of β-amino-alcohol motifs (C(OH)–C–C–N with tert-alkyl or cyclic N) is 1. The monoisotopic (exact) mass is 574 g/mol. The number of benzene rings is 1. The summed E-state index contributed by atoms with van der Waals surface area (Å²) in [5.41, 5.74) is 9.07. The van der Waals surface area contributed by atoms with Gasteiger partial charge in [0.15, 0.2) is 0 Å². The van der Waals surface area contributed by atoms with Gasteiger partial charge in [0, 0.05) is 87.1 Å². The van der Waals surface area contributed by atoms with Crippen LogP contribution in [0.15, 0.2) is 36.7 Å². The number of nitrogens with zero attached hydrogens (tertiary/aromatic N) is 8. The maximum Gasteiger partial charge on any atom is 0.327 e. The molecule has 0 unspecified atom stereocenters. The van der Waals surface area contributed by atoms with Gasteiger partial charge in [0.25, 0.3) is 5.91 Å². The van der Waals surface area contributed by atoms with Crippen LogP contribution in [0.2, 0.25) is 0 Å². The maximum atomic E-state index is 13.5. The molecule has 3 aromatic rings. The number of urea groups is 1. The first-order chi connectivity index (χ1) is 20.5. The van der Waals surface area contributed by atoms with Crippen LogP contribution < -0.4 is 20.9 Å². The Bertz CT molecular complexity index is 1420. The summed E-state index contributed by atoms with van der Waals surface area (Å²) in [6.07, 6.45) is 3.84. The van der Waals surface area contributed by atoms with Gasteiger partial charge in [0.2, 0.25) is 11.9 Å². The first-order valence-corrected chi connectivity index (χ1v) is 14.1. The number of anilines is 4. The molecule has 14 heteroatoms. The number of amides is 3. The molecule has 220 valence electrons. The van der Waals surface area contributed by atoms with Crippen LogP contribution in [0.25, 0.3) is 11.3 Å². The highest BCUT2D eigenvalue weighted by molar-refractivity contribution is 6.03. The molecule has 5 heterocycles. The van der Waals surface area contributed by atoms with Crippen molar-refractivity contribution in [3.8, 4) is 11.3 Å². The van der Waals surface area contributed by atoms with E-state index in [1.54, 1.807) is 41.6 Å². The zero-order valence-corrected chi connectivity index (χ0v) is 23.3. The highest BCUT2D eigenvalue weighted by Crippen LogP contribution is 2.35. The summed E-state index contributed by atoms with van der Waals surface area (Å²) in [5, 5.41) is 12.1. The van der Waals surface area contributed by atoms with E-state index >= 15 is 0 Å². The van der Waals surface area contributed by atoms with Gasteiger partial charge < -0.3 is 30.7 Å². The molecule has 4 N–H and O–H groups in total. The predicted octanol–water partition coefficient (Wildman–Crippen LogP) is 0.697. The maximum absolute atomic E-state index is 13.5. The minimum atomic E-state index is -0.320. The van der Waals surface area contributed by atoms with Gasteiger partial charge in [-0.1, -0.05) is 0 Å². The highest BCUT2D eigenvalue weighted by Gasteiger charge is 2.32. The van der Waals surface area contributed by atoms with Crippen LogP contribution in [0.4, 0.5) is 28.2 Å². The number of carbonyl (C=O) groups excluding carboxylic acids is 2. The number of rotatable bonds is 6. The van der Waals surface area contributed by atoms with Crippen molar-refractivity contribution in [2.75, 3.05) is 93.0 Å². The summed E-state index contributed by atoms with van der Waals surface area (Å²) < 4.78 is 5.50. The second-order valence-electron chi connectivity index (χ2n) is 10.4. The molecule has 3 aliphatic rings. The first kappa shape index (κ1) is 27.8. The molecule has 0 radical (unpaired) electrons. The number of nitrogen functional groups attached to an aromatic ring is 1. The molecule has 14 nitrogen and oxygen atoms in total. The summed E-state index contributed by atoms with van der Waals surface area (Å²) in [4.78, 5) is 52.0. The van der Waals surface area contributed by atoms with E-state index in [9.17, 15) is 9.59 Å². The average molecular weight is 575 g/mol. The number of hydrogen-bond donors (Lipinski definition) is 3. The quantitative estimate of drug-likeness (QED) is 0.379. The van der Waals surface area contributed by atoms with E-state index in [1.807, 2.05) is 9.80 Å². The van der Waals surface area contributed by atoms with Crippen LogP contribution in [-0.2, 0) is 11.2 Å². The van der Waals surface area contributed by atoms with Crippen LogP contribution in [0.5, 0.6) is 0 Å². The number of ether oxygens (including phenoxy) is 1. The molecule has 0 atom stereocenters. The zero-order valence-electron chi connectivity index (χ0n) is 23.3.